The molecule has 1 N–H and O–H groups in total. The average molecular weight is 606 g/mol. The van der Waals surface area contributed by atoms with Crippen molar-refractivity contribution in [2.24, 2.45) is 28.8 Å². The van der Waals surface area contributed by atoms with Crippen LogP contribution in [-0.4, -0.2) is 73.5 Å². The number of amides is 3. The molecule has 2 fully saturated rings. The quantitative estimate of drug-likeness (QED) is 0.193. The van der Waals surface area contributed by atoms with Crippen LogP contribution >= 0.6 is 0 Å². The zero-order valence-electron chi connectivity index (χ0n) is 25.6. The van der Waals surface area contributed by atoms with E-state index in [1.54, 1.807) is 31.4 Å². The number of rotatable bonds is 9. The van der Waals surface area contributed by atoms with Crippen molar-refractivity contribution in [3.63, 3.8) is 0 Å². The molecule has 0 aromatic heterocycles. The smallest absolute Gasteiger partial charge is 0.261 e. The predicted octanol–water partition coefficient (Wildman–Crippen LogP) is 4.34. The highest BCUT2D eigenvalue weighted by molar-refractivity contribution is 6.21. The van der Waals surface area contributed by atoms with Gasteiger partial charge in [0, 0.05) is 10.8 Å². The second-order valence-corrected chi connectivity index (χ2v) is 12.0. The van der Waals surface area contributed by atoms with E-state index >= 15 is 0 Å². The summed E-state index contributed by atoms with van der Waals surface area (Å²) in [6.45, 7) is 8.36. The molecule has 4 unspecified atom stereocenters. The first kappa shape index (κ1) is 31.5. The van der Waals surface area contributed by atoms with E-state index in [4.69, 9.17) is 24.5 Å². The van der Waals surface area contributed by atoms with Crippen molar-refractivity contribution in [3.05, 3.63) is 75.7 Å². The fourth-order valence-electron chi connectivity index (χ4n) is 6.41. The highest BCUT2D eigenvalue weighted by Crippen LogP contribution is 2.37. The minimum atomic E-state index is -0.871. The van der Waals surface area contributed by atoms with Crippen molar-refractivity contribution in [2.45, 2.75) is 64.8 Å². The lowest BCUT2D eigenvalue weighted by molar-refractivity contribution is -0.167. The summed E-state index contributed by atoms with van der Waals surface area (Å²) in [5.74, 6) is -0.962. The number of imide groups is 1. The van der Waals surface area contributed by atoms with Gasteiger partial charge >= 0.3 is 0 Å². The first-order valence-electron chi connectivity index (χ1n) is 15.0. The summed E-state index contributed by atoms with van der Waals surface area (Å²) >= 11 is 0. The van der Waals surface area contributed by atoms with Gasteiger partial charge in [0.1, 0.15) is 24.2 Å². The number of nitrogens with one attached hydrogen (secondary N) is 1. The van der Waals surface area contributed by atoms with Gasteiger partial charge in [0.25, 0.3) is 11.8 Å². The van der Waals surface area contributed by atoms with Crippen LogP contribution in [0.5, 0.6) is 5.75 Å². The van der Waals surface area contributed by atoms with Crippen LogP contribution < -0.4 is 10.1 Å². The number of azide groups is 1. The Balaban J connectivity index is 1.35. The first-order valence-corrected chi connectivity index (χ1v) is 15.0. The van der Waals surface area contributed by atoms with Gasteiger partial charge in [-0.3, -0.25) is 19.3 Å². The van der Waals surface area contributed by atoms with E-state index in [2.05, 4.69) is 15.3 Å². The summed E-state index contributed by atoms with van der Waals surface area (Å²) in [5, 5.41) is 6.90. The van der Waals surface area contributed by atoms with Crippen LogP contribution in [0.4, 0.5) is 0 Å². The molecule has 12 nitrogen and oxygen atoms in total. The van der Waals surface area contributed by atoms with Gasteiger partial charge in [0.05, 0.1) is 50.1 Å². The van der Waals surface area contributed by atoms with E-state index in [-0.39, 0.29) is 54.6 Å². The van der Waals surface area contributed by atoms with Crippen LogP contribution in [-0.2, 0) is 25.6 Å². The van der Waals surface area contributed by atoms with Crippen LogP contribution in [0.3, 0.4) is 0 Å². The Hall–Kier alpha value is -3.96. The molecule has 3 amide bonds. The topological polar surface area (TPSA) is 152 Å². The Morgan fingerprint density at radius 1 is 1.00 bits per heavy atom. The van der Waals surface area contributed by atoms with Gasteiger partial charge in [-0.2, -0.15) is 0 Å². The molecule has 44 heavy (non-hydrogen) atoms. The number of carbonyl (C=O) groups excluding carboxylic acids is 3. The SMILES string of the molecule is COc1ccc(COCC2OCC(N3C(=O)c4ccccc4C3=O)[C@@H](C)[C@H]2NC(=O)C2O[C@@H](N=[N+]=[N-])C(C)[C@@H](C)[C@H]2C)cc1. The second kappa shape index (κ2) is 13.4. The highest BCUT2D eigenvalue weighted by atomic mass is 16.5. The van der Waals surface area contributed by atoms with E-state index in [1.165, 1.54) is 4.90 Å². The third kappa shape index (κ3) is 6.03. The van der Waals surface area contributed by atoms with Crippen LogP contribution in [0.2, 0.25) is 0 Å². The van der Waals surface area contributed by atoms with Crippen molar-refractivity contribution in [1.29, 1.82) is 0 Å². The Bertz CT molecular complexity index is 1390. The lowest BCUT2D eigenvalue weighted by Crippen LogP contribution is -2.64. The summed E-state index contributed by atoms with van der Waals surface area (Å²) in [5.41, 5.74) is 10.7. The van der Waals surface area contributed by atoms with E-state index in [9.17, 15) is 14.4 Å². The van der Waals surface area contributed by atoms with Crippen molar-refractivity contribution in [2.75, 3.05) is 20.3 Å². The number of nitrogens with zero attached hydrogens (tertiary/aromatic N) is 4. The predicted molar refractivity (Wildman–Crippen MR) is 160 cm³/mol. The molecule has 234 valence electrons. The van der Waals surface area contributed by atoms with E-state index < -0.39 is 30.5 Å². The molecule has 5 rings (SSSR count). The number of benzene rings is 2. The van der Waals surface area contributed by atoms with Gasteiger partial charge in [-0.05, 0) is 53.1 Å². The van der Waals surface area contributed by atoms with Gasteiger partial charge in [-0.1, -0.05) is 57.1 Å². The molecule has 0 saturated carbocycles. The van der Waals surface area contributed by atoms with Crippen molar-refractivity contribution < 1.29 is 33.3 Å². The molecule has 3 aliphatic rings. The van der Waals surface area contributed by atoms with Gasteiger partial charge < -0.3 is 24.3 Å². The second-order valence-electron chi connectivity index (χ2n) is 12.0. The third-order valence-electron chi connectivity index (χ3n) is 9.53. The summed E-state index contributed by atoms with van der Waals surface area (Å²) in [6, 6.07) is 13.0. The number of fused-ring (bicyclic) bond motifs is 1. The Labute approximate surface area is 256 Å². The van der Waals surface area contributed by atoms with Crippen molar-refractivity contribution in [3.8, 4) is 5.75 Å². The van der Waals surface area contributed by atoms with Gasteiger partial charge in [0.15, 0.2) is 0 Å². The van der Waals surface area contributed by atoms with Gasteiger partial charge in [-0.15, -0.1) is 0 Å². The monoisotopic (exact) mass is 605 g/mol. The third-order valence-corrected chi connectivity index (χ3v) is 9.53. The fourth-order valence-corrected chi connectivity index (χ4v) is 6.41. The number of hydrogen-bond donors (Lipinski definition) is 1. The summed E-state index contributed by atoms with van der Waals surface area (Å²) in [4.78, 5) is 44.7. The Morgan fingerprint density at radius 2 is 1.66 bits per heavy atom. The van der Waals surface area contributed by atoms with Gasteiger partial charge in [-0.25, -0.2) is 0 Å². The Morgan fingerprint density at radius 3 is 2.27 bits per heavy atom. The van der Waals surface area contributed by atoms with Gasteiger partial charge in [0.2, 0.25) is 5.91 Å². The number of carbonyl (C=O) groups is 3. The molecule has 0 spiro atoms. The fraction of sp³-hybridized carbons (Fsp3) is 0.531. The zero-order valence-corrected chi connectivity index (χ0v) is 25.6. The van der Waals surface area contributed by atoms with E-state index in [0.29, 0.717) is 17.7 Å². The van der Waals surface area contributed by atoms with Crippen LogP contribution in [0.1, 0.15) is 54.0 Å². The van der Waals surface area contributed by atoms with Crippen molar-refractivity contribution >= 4 is 17.7 Å². The van der Waals surface area contributed by atoms with Crippen molar-refractivity contribution in [1.82, 2.24) is 10.2 Å². The lowest BCUT2D eigenvalue weighted by atomic mass is 9.78. The van der Waals surface area contributed by atoms with E-state index in [0.717, 1.165) is 11.3 Å². The number of hydrogen-bond acceptors (Lipinski definition) is 8. The van der Waals surface area contributed by atoms with Crippen LogP contribution in [0, 0.1) is 23.7 Å². The molecular formula is C32H39N5O7. The Kier molecular flexibility index (Phi) is 9.55. The molecule has 0 radical (unpaired) electrons. The first-order chi connectivity index (χ1) is 21.2. The van der Waals surface area contributed by atoms with Crippen LogP contribution in [0.25, 0.3) is 10.4 Å². The molecular weight excluding hydrogens is 566 g/mol. The molecule has 3 aliphatic heterocycles. The maximum absolute atomic E-state index is 13.8. The standard InChI is InChI=1S/C32H39N5O7/c1-17-18(2)28(44-30(19(17)3)35-36-33)29(38)34-27-20(4)25(37-31(39)23-8-6-7-9-24(23)32(37)40)15-43-26(27)16-42-14-21-10-12-22(41-5)13-11-21/h6-13,17-20,25-28,30H,14-16H2,1-5H3,(H,34,38)/t17-,18+,19?,20+,25?,26?,27+,28?,30+/m0/s1. The van der Waals surface area contributed by atoms with Crippen LogP contribution in [0.15, 0.2) is 53.6 Å². The molecule has 0 bridgehead atoms. The summed E-state index contributed by atoms with van der Waals surface area (Å²) in [7, 11) is 1.61. The molecule has 2 aromatic rings. The van der Waals surface area contributed by atoms with E-state index in [1.807, 2.05) is 52.0 Å². The maximum Gasteiger partial charge on any atom is 0.261 e. The lowest BCUT2D eigenvalue weighted by Gasteiger charge is -2.46. The summed E-state index contributed by atoms with van der Waals surface area (Å²) in [6.07, 6.45) is -2.22. The molecule has 2 aromatic carbocycles. The largest absolute Gasteiger partial charge is 0.497 e. The minimum Gasteiger partial charge on any atom is -0.497 e. The molecule has 0 aliphatic carbocycles. The normalized spacial score (nSPS) is 31.7. The minimum absolute atomic E-state index is 0.0461. The average Bonchev–Trinajstić information content (AvgIpc) is 3.28. The molecule has 2 saturated heterocycles. The number of methoxy groups -OCH3 is 1. The zero-order chi connectivity index (χ0) is 31.5. The number of ether oxygens (including phenoxy) is 4. The molecule has 9 atom stereocenters. The molecule has 3 heterocycles. The summed E-state index contributed by atoms with van der Waals surface area (Å²) < 4.78 is 23.5. The highest BCUT2D eigenvalue weighted by Gasteiger charge is 2.49. The maximum atomic E-state index is 13.8. The molecule has 12 heteroatoms.